The second-order valence-electron chi connectivity index (χ2n) is 25.6. The molecule has 0 aromatic rings. The number of quaternary nitrogens is 1. The molecule has 0 rings (SSSR count). The summed E-state index contributed by atoms with van der Waals surface area (Å²) in [6.45, 7) is 4.55. The standard InChI is InChI=1S/C75H139N2O6P/c1-6-8-10-12-14-16-18-20-22-24-26-28-30-31-32-33-34-35-36-37-38-39-40-41-42-43-44-45-47-49-51-53-55-57-59-61-63-65-67-69-75(79)76-73(72-83-84(80,81)82-71-70-77(3,4)5)74(78)68-66-64-62-60-58-56-54-52-50-48-46-29-27-25-23-21-19-17-15-13-11-9-7-2/h8,10,14,16,20,22,26,28,31-32,58,60,66,68,73-74,78H,6-7,9,11-13,15,17-19,21,23-25,27,29-30,33-57,59,61-65,67,69-72H2,1-5H3,(H-,76,79,80,81)/b10-8-,16-14-,22-20-,28-26-,32-31-,60-58+,68-66+. The van der Waals surface area contributed by atoms with Crippen molar-refractivity contribution >= 4 is 13.7 Å². The quantitative estimate of drug-likeness (QED) is 0.0272. The van der Waals surface area contributed by atoms with Crippen molar-refractivity contribution in [1.29, 1.82) is 0 Å². The highest BCUT2D eigenvalue weighted by Gasteiger charge is 2.23. The summed E-state index contributed by atoms with van der Waals surface area (Å²) in [5.74, 6) is -0.202. The van der Waals surface area contributed by atoms with Gasteiger partial charge in [-0.15, -0.1) is 0 Å². The predicted octanol–water partition coefficient (Wildman–Crippen LogP) is 22.5. The molecule has 9 heteroatoms. The third-order valence-corrected chi connectivity index (χ3v) is 17.1. The summed E-state index contributed by atoms with van der Waals surface area (Å²) in [6, 6.07) is -0.906. The van der Waals surface area contributed by atoms with Crippen LogP contribution in [0.25, 0.3) is 0 Å². The number of phosphoric acid groups is 1. The van der Waals surface area contributed by atoms with Crippen LogP contribution in [0.1, 0.15) is 335 Å². The van der Waals surface area contributed by atoms with Crippen LogP contribution < -0.4 is 10.2 Å². The van der Waals surface area contributed by atoms with Crippen LogP contribution in [0.3, 0.4) is 0 Å². The van der Waals surface area contributed by atoms with Crippen molar-refractivity contribution in [2.75, 3.05) is 40.9 Å². The first kappa shape index (κ1) is 81.7. The first-order valence-corrected chi connectivity index (χ1v) is 37.4. The van der Waals surface area contributed by atoms with Gasteiger partial charge in [0.25, 0.3) is 7.82 Å². The Bertz CT molecular complexity index is 1650. The van der Waals surface area contributed by atoms with E-state index in [1.54, 1.807) is 6.08 Å². The topological polar surface area (TPSA) is 108 Å². The number of phosphoric ester groups is 1. The molecule has 0 fully saturated rings. The molecule has 0 aliphatic rings. The minimum Gasteiger partial charge on any atom is -0.756 e. The lowest BCUT2D eigenvalue weighted by molar-refractivity contribution is -0.870. The number of likely N-dealkylation sites (N-methyl/N-ethyl adjacent to an activating group) is 1. The normalized spacial score (nSPS) is 14.1. The zero-order valence-corrected chi connectivity index (χ0v) is 57.0. The van der Waals surface area contributed by atoms with E-state index < -0.39 is 26.6 Å². The average molecular weight is 1200 g/mol. The SMILES string of the molecule is CC/C=C\C/C=C\C/C=C\C/C=C\C/C=C\CCCCCCCCCCCCCCCCCCCCCCCCCC(=O)NC(COP(=O)([O-])OCC[N+](C)(C)C)C(O)/C=C/CC/C=C/CCCCCCCCCCCCCCCCCCC. The van der Waals surface area contributed by atoms with Gasteiger partial charge in [-0.1, -0.05) is 336 Å². The maximum Gasteiger partial charge on any atom is 0.268 e. The number of nitrogens with zero attached hydrogens (tertiary/aromatic N) is 1. The van der Waals surface area contributed by atoms with Gasteiger partial charge in [-0.2, -0.15) is 0 Å². The van der Waals surface area contributed by atoms with Crippen molar-refractivity contribution in [1.82, 2.24) is 5.32 Å². The Morgan fingerprint density at radius 1 is 0.429 bits per heavy atom. The Morgan fingerprint density at radius 2 is 0.738 bits per heavy atom. The lowest BCUT2D eigenvalue weighted by Gasteiger charge is -2.29. The van der Waals surface area contributed by atoms with E-state index in [-0.39, 0.29) is 12.5 Å². The molecular formula is C75H139N2O6P. The lowest BCUT2D eigenvalue weighted by atomic mass is 10.0. The first-order valence-electron chi connectivity index (χ1n) is 35.9. The Kier molecular flexibility index (Phi) is 63.3. The zero-order chi connectivity index (χ0) is 61.2. The molecule has 0 aliphatic heterocycles. The van der Waals surface area contributed by atoms with Gasteiger partial charge in [-0.05, 0) is 77.0 Å². The van der Waals surface area contributed by atoms with Crippen molar-refractivity contribution in [3.63, 3.8) is 0 Å². The molecule has 0 radical (unpaired) electrons. The largest absolute Gasteiger partial charge is 0.756 e. The lowest BCUT2D eigenvalue weighted by Crippen LogP contribution is -2.45. The number of rotatable bonds is 66. The molecule has 0 aromatic heterocycles. The summed E-state index contributed by atoms with van der Waals surface area (Å²) in [5, 5.41) is 13.9. The number of unbranched alkanes of at least 4 members (excludes halogenated alkanes) is 41. The molecule has 0 saturated carbocycles. The van der Waals surface area contributed by atoms with Crippen LogP contribution in [0, 0.1) is 0 Å². The summed E-state index contributed by atoms with van der Waals surface area (Å²) in [5.41, 5.74) is 0. The highest BCUT2D eigenvalue weighted by Crippen LogP contribution is 2.38. The highest BCUT2D eigenvalue weighted by atomic mass is 31.2. The Balaban J connectivity index is 4.00. The molecule has 490 valence electrons. The summed E-state index contributed by atoms with van der Waals surface area (Å²) >= 11 is 0. The van der Waals surface area contributed by atoms with Crippen LogP contribution in [0.15, 0.2) is 85.1 Å². The number of allylic oxidation sites excluding steroid dienone is 13. The predicted molar refractivity (Wildman–Crippen MR) is 367 cm³/mol. The summed E-state index contributed by atoms with van der Waals surface area (Å²) < 4.78 is 23.4. The Hall–Kier alpha value is -2.32. The van der Waals surface area contributed by atoms with Crippen molar-refractivity contribution in [2.45, 2.75) is 347 Å². The van der Waals surface area contributed by atoms with Gasteiger partial charge >= 0.3 is 0 Å². The monoisotopic (exact) mass is 1200 g/mol. The van der Waals surface area contributed by atoms with Gasteiger partial charge in [-0.25, -0.2) is 0 Å². The van der Waals surface area contributed by atoms with Crippen molar-refractivity contribution < 1.29 is 32.9 Å². The summed E-state index contributed by atoms with van der Waals surface area (Å²) in [6.07, 6.45) is 92.9. The number of carbonyl (C=O) groups excluding carboxylic acids is 1. The van der Waals surface area contributed by atoms with Gasteiger partial charge in [0.2, 0.25) is 5.91 Å². The molecule has 0 aliphatic carbocycles. The molecule has 84 heavy (non-hydrogen) atoms. The number of hydrogen-bond donors (Lipinski definition) is 2. The van der Waals surface area contributed by atoms with Gasteiger partial charge in [0.05, 0.1) is 39.9 Å². The van der Waals surface area contributed by atoms with E-state index in [0.717, 1.165) is 70.6 Å². The van der Waals surface area contributed by atoms with E-state index in [1.807, 2.05) is 27.2 Å². The molecule has 0 saturated heterocycles. The number of nitrogens with one attached hydrogen (secondary N) is 1. The smallest absolute Gasteiger partial charge is 0.268 e. The van der Waals surface area contributed by atoms with Crippen molar-refractivity contribution in [3.8, 4) is 0 Å². The zero-order valence-electron chi connectivity index (χ0n) is 56.1. The first-order chi connectivity index (χ1) is 41.0. The Labute approximate surface area is 522 Å². The molecular weight excluding hydrogens is 1060 g/mol. The van der Waals surface area contributed by atoms with Crippen LogP contribution in [-0.4, -0.2) is 68.5 Å². The van der Waals surface area contributed by atoms with E-state index >= 15 is 0 Å². The fourth-order valence-corrected chi connectivity index (χ4v) is 11.3. The molecule has 0 spiro atoms. The molecule has 0 heterocycles. The van der Waals surface area contributed by atoms with Crippen LogP contribution in [0.4, 0.5) is 0 Å². The fraction of sp³-hybridized carbons (Fsp3) is 0.800. The van der Waals surface area contributed by atoms with Crippen LogP contribution in [0.2, 0.25) is 0 Å². The number of carbonyl (C=O) groups is 1. The molecule has 2 N–H and O–H groups in total. The van der Waals surface area contributed by atoms with Crippen molar-refractivity contribution in [2.24, 2.45) is 0 Å². The van der Waals surface area contributed by atoms with Gasteiger partial charge in [0.1, 0.15) is 13.2 Å². The highest BCUT2D eigenvalue weighted by molar-refractivity contribution is 7.45. The second kappa shape index (κ2) is 65.1. The van der Waals surface area contributed by atoms with Gasteiger partial charge in [-0.3, -0.25) is 9.36 Å². The number of aliphatic hydroxyl groups excluding tert-OH is 1. The number of amides is 1. The van der Waals surface area contributed by atoms with Gasteiger partial charge < -0.3 is 28.8 Å². The van der Waals surface area contributed by atoms with E-state index in [2.05, 4.69) is 92.1 Å². The molecule has 0 aromatic carbocycles. The molecule has 8 nitrogen and oxygen atoms in total. The van der Waals surface area contributed by atoms with Crippen LogP contribution in [0.5, 0.6) is 0 Å². The Morgan fingerprint density at radius 3 is 1.11 bits per heavy atom. The van der Waals surface area contributed by atoms with Gasteiger partial charge in [0.15, 0.2) is 0 Å². The second-order valence-corrected chi connectivity index (χ2v) is 27.0. The maximum atomic E-state index is 13.0. The average Bonchev–Trinajstić information content (AvgIpc) is 3.56. The van der Waals surface area contributed by atoms with E-state index in [9.17, 15) is 19.4 Å². The molecule has 0 bridgehead atoms. The summed E-state index contributed by atoms with van der Waals surface area (Å²) in [7, 11) is 1.25. The van der Waals surface area contributed by atoms with E-state index in [4.69, 9.17) is 9.05 Å². The minimum absolute atomic E-state index is 0.00655. The van der Waals surface area contributed by atoms with E-state index in [1.165, 1.54) is 244 Å². The van der Waals surface area contributed by atoms with Crippen molar-refractivity contribution in [3.05, 3.63) is 85.1 Å². The number of hydrogen-bond acceptors (Lipinski definition) is 6. The summed E-state index contributed by atoms with van der Waals surface area (Å²) in [4.78, 5) is 25.6. The molecule has 3 atom stereocenters. The number of aliphatic hydroxyl groups is 1. The maximum absolute atomic E-state index is 13.0. The fourth-order valence-electron chi connectivity index (χ4n) is 10.6. The minimum atomic E-state index is -4.61. The third-order valence-electron chi connectivity index (χ3n) is 16.1. The molecule has 3 unspecified atom stereocenters. The third kappa shape index (κ3) is 67.2. The molecule has 1 amide bonds. The van der Waals surface area contributed by atoms with Crippen LogP contribution in [-0.2, 0) is 18.4 Å². The van der Waals surface area contributed by atoms with Crippen LogP contribution >= 0.6 is 7.82 Å². The van der Waals surface area contributed by atoms with E-state index in [0.29, 0.717) is 17.4 Å². The van der Waals surface area contributed by atoms with Gasteiger partial charge in [0, 0.05) is 6.42 Å².